The summed E-state index contributed by atoms with van der Waals surface area (Å²) in [6.07, 6.45) is 2.34. The molecule has 2 fully saturated rings. The van der Waals surface area contributed by atoms with Gasteiger partial charge < -0.3 is 14.2 Å². The van der Waals surface area contributed by atoms with E-state index in [-0.39, 0.29) is 10.8 Å². The normalized spacial score (nSPS) is 28.8. The topological polar surface area (TPSA) is 27.7 Å². The molecular formula is C20H22O3. The Morgan fingerprint density at radius 3 is 1.39 bits per heavy atom. The van der Waals surface area contributed by atoms with Gasteiger partial charge in [-0.05, 0) is 48.2 Å². The number of benzene rings is 2. The molecule has 2 unspecified atom stereocenters. The third-order valence-electron chi connectivity index (χ3n) is 5.88. The van der Waals surface area contributed by atoms with E-state index in [1.54, 1.807) is 14.2 Å². The van der Waals surface area contributed by atoms with Crippen LogP contribution in [0.5, 0.6) is 11.5 Å². The van der Waals surface area contributed by atoms with Crippen LogP contribution in [-0.2, 0) is 15.6 Å². The molecule has 3 nitrogen and oxygen atoms in total. The molecule has 1 saturated carbocycles. The van der Waals surface area contributed by atoms with Crippen LogP contribution in [0.15, 0.2) is 48.5 Å². The second-order valence-corrected chi connectivity index (χ2v) is 6.61. The maximum Gasteiger partial charge on any atom is 0.118 e. The number of methoxy groups -OCH3 is 2. The third kappa shape index (κ3) is 1.93. The standard InChI is InChI=1S/C20H22O3/c1-21-17-7-3-15(4-8-17)19-11-12-20(19,14-23-13-19)16-5-9-18(22-2)10-6-16/h3-10H,11-14H2,1-2H3. The number of fused-ring (bicyclic) bond motifs is 1. The first-order valence-electron chi connectivity index (χ1n) is 8.11. The van der Waals surface area contributed by atoms with Gasteiger partial charge in [-0.3, -0.25) is 0 Å². The smallest absolute Gasteiger partial charge is 0.118 e. The lowest BCUT2D eigenvalue weighted by Crippen LogP contribution is -2.57. The molecule has 2 aromatic rings. The highest BCUT2D eigenvalue weighted by Gasteiger charge is 2.64. The largest absolute Gasteiger partial charge is 0.497 e. The van der Waals surface area contributed by atoms with E-state index < -0.39 is 0 Å². The number of ether oxygens (including phenoxy) is 3. The van der Waals surface area contributed by atoms with Gasteiger partial charge in [-0.2, -0.15) is 0 Å². The molecule has 1 heterocycles. The molecule has 23 heavy (non-hydrogen) atoms. The van der Waals surface area contributed by atoms with Crippen molar-refractivity contribution in [2.24, 2.45) is 0 Å². The lowest BCUT2D eigenvalue weighted by atomic mass is 9.46. The molecule has 2 aromatic carbocycles. The van der Waals surface area contributed by atoms with E-state index in [0.717, 1.165) is 24.7 Å². The Morgan fingerprint density at radius 2 is 1.09 bits per heavy atom. The molecule has 4 rings (SSSR count). The second-order valence-electron chi connectivity index (χ2n) is 6.61. The summed E-state index contributed by atoms with van der Waals surface area (Å²) < 4.78 is 16.6. The van der Waals surface area contributed by atoms with Gasteiger partial charge in [0.2, 0.25) is 0 Å². The lowest BCUT2D eigenvalue weighted by molar-refractivity contribution is 0.129. The van der Waals surface area contributed by atoms with E-state index in [4.69, 9.17) is 14.2 Å². The summed E-state index contributed by atoms with van der Waals surface area (Å²) >= 11 is 0. The van der Waals surface area contributed by atoms with Crippen molar-refractivity contribution in [2.45, 2.75) is 23.7 Å². The lowest BCUT2D eigenvalue weighted by Gasteiger charge is -2.55. The zero-order valence-corrected chi connectivity index (χ0v) is 13.7. The Bertz CT molecular complexity index is 630. The van der Waals surface area contributed by atoms with Crippen LogP contribution in [0.25, 0.3) is 0 Å². The van der Waals surface area contributed by atoms with E-state index >= 15 is 0 Å². The van der Waals surface area contributed by atoms with Gasteiger partial charge in [0.1, 0.15) is 11.5 Å². The molecule has 0 aromatic heterocycles. The molecule has 120 valence electrons. The van der Waals surface area contributed by atoms with Gasteiger partial charge in [-0.15, -0.1) is 0 Å². The molecule has 0 N–H and O–H groups in total. The van der Waals surface area contributed by atoms with Crippen molar-refractivity contribution < 1.29 is 14.2 Å². The van der Waals surface area contributed by atoms with Gasteiger partial charge in [-0.1, -0.05) is 24.3 Å². The Labute approximate surface area is 137 Å². The summed E-state index contributed by atoms with van der Waals surface area (Å²) in [5.41, 5.74) is 2.90. The first-order valence-corrected chi connectivity index (χ1v) is 8.11. The van der Waals surface area contributed by atoms with E-state index in [2.05, 4.69) is 48.5 Å². The molecule has 0 spiro atoms. The van der Waals surface area contributed by atoms with Gasteiger partial charge in [0.25, 0.3) is 0 Å². The fourth-order valence-electron chi connectivity index (χ4n) is 4.38. The van der Waals surface area contributed by atoms with Gasteiger partial charge in [-0.25, -0.2) is 0 Å². The summed E-state index contributed by atoms with van der Waals surface area (Å²) in [4.78, 5) is 0. The number of hydrogen-bond acceptors (Lipinski definition) is 3. The number of hydrogen-bond donors (Lipinski definition) is 0. The fraction of sp³-hybridized carbons (Fsp3) is 0.400. The first-order chi connectivity index (χ1) is 11.2. The highest BCUT2D eigenvalue weighted by molar-refractivity contribution is 5.47. The van der Waals surface area contributed by atoms with Crippen molar-refractivity contribution >= 4 is 0 Å². The second kappa shape index (κ2) is 5.27. The average Bonchev–Trinajstić information content (AvgIpc) is 2.87. The monoisotopic (exact) mass is 310 g/mol. The third-order valence-corrected chi connectivity index (χ3v) is 5.88. The highest BCUT2D eigenvalue weighted by Crippen LogP contribution is 2.62. The fourth-order valence-corrected chi connectivity index (χ4v) is 4.38. The minimum absolute atomic E-state index is 0.0911. The van der Waals surface area contributed by atoms with E-state index in [1.807, 2.05) is 0 Å². The van der Waals surface area contributed by atoms with Crippen LogP contribution in [0.1, 0.15) is 24.0 Å². The van der Waals surface area contributed by atoms with Crippen molar-refractivity contribution in [3.05, 3.63) is 59.7 Å². The predicted molar refractivity (Wildman–Crippen MR) is 89.4 cm³/mol. The minimum Gasteiger partial charge on any atom is -0.497 e. The minimum atomic E-state index is 0.0911. The van der Waals surface area contributed by atoms with Crippen LogP contribution in [0, 0.1) is 0 Å². The van der Waals surface area contributed by atoms with Gasteiger partial charge in [0.15, 0.2) is 0 Å². The van der Waals surface area contributed by atoms with Crippen LogP contribution in [0.2, 0.25) is 0 Å². The van der Waals surface area contributed by atoms with Crippen molar-refractivity contribution in [3.63, 3.8) is 0 Å². The van der Waals surface area contributed by atoms with Gasteiger partial charge in [0.05, 0.1) is 27.4 Å². The molecule has 2 atom stereocenters. The van der Waals surface area contributed by atoms with E-state index in [0.29, 0.717) is 0 Å². The van der Waals surface area contributed by atoms with Crippen molar-refractivity contribution in [2.75, 3.05) is 27.4 Å². The summed E-state index contributed by atoms with van der Waals surface area (Å²) in [6.45, 7) is 1.59. The zero-order chi connectivity index (χ0) is 15.9. The Morgan fingerprint density at radius 1 is 0.696 bits per heavy atom. The SMILES string of the molecule is COc1ccc(C23CCC2(c2ccc(OC)cc2)COC3)cc1. The van der Waals surface area contributed by atoms with E-state index in [9.17, 15) is 0 Å². The predicted octanol–water partition coefficient (Wildman–Crippen LogP) is 3.70. The molecule has 0 amide bonds. The maximum absolute atomic E-state index is 6.00. The molecule has 3 heteroatoms. The summed E-state index contributed by atoms with van der Waals surface area (Å²) in [5, 5.41) is 0. The van der Waals surface area contributed by atoms with Crippen molar-refractivity contribution in [3.8, 4) is 11.5 Å². The summed E-state index contributed by atoms with van der Waals surface area (Å²) in [6, 6.07) is 17.0. The van der Waals surface area contributed by atoms with Crippen molar-refractivity contribution in [1.82, 2.24) is 0 Å². The Balaban J connectivity index is 1.74. The summed E-state index contributed by atoms with van der Waals surface area (Å²) in [5.74, 6) is 1.80. The molecular weight excluding hydrogens is 288 g/mol. The van der Waals surface area contributed by atoms with E-state index in [1.165, 1.54) is 24.0 Å². The highest BCUT2D eigenvalue weighted by atomic mass is 16.5. The molecule has 2 aliphatic rings. The Hall–Kier alpha value is -2.00. The number of rotatable bonds is 4. The van der Waals surface area contributed by atoms with Gasteiger partial charge >= 0.3 is 0 Å². The molecule has 1 aliphatic heterocycles. The first kappa shape index (κ1) is 14.6. The van der Waals surface area contributed by atoms with Crippen molar-refractivity contribution in [1.29, 1.82) is 0 Å². The molecule has 1 aliphatic carbocycles. The Kier molecular flexibility index (Phi) is 3.34. The van der Waals surface area contributed by atoms with Crippen LogP contribution < -0.4 is 9.47 Å². The zero-order valence-electron chi connectivity index (χ0n) is 13.7. The maximum atomic E-state index is 6.00. The summed E-state index contributed by atoms with van der Waals surface area (Å²) in [7, 11) is 3.41. The molecule has 0 bridgehead atoms. The average molecular weight is 310 g/mol. The quantitative estimate of drug-likeness (QED) is 0.862. The van der Waals surface area contributed by atoms with Crippen LogP contribution in [-0.4, -0.2) is 27.4 Å². The molecule has 1 saturated heterocycles. The van der Waals surface area contributed by atoms with Gasteiger partial charge in [0, 0.05) is 10.8 Å². The van der Waals surface area contributed by atoms with Crippen LogP contribution in [0.3, 0.4) is 0 Å². The van der Waals surface area contributed by atoms with Crippen LogP contribution in [0.4, 0.5) is 0 Å². The van der Waals surface area contributed by atoms with Crippen LogP contribution >= 0.6 is 0 Å². The molecule has 0 radical (unpaired) electrons.